The third-order valence-corrected chi connectivity index (χ3v) is 16.2. The highest BCUT2D eigenvalue weighted by atomic mass is 16.5. The summed E-state index contributed by atoms with van der Waals surface area (Å²) in [6, 6.07) is 9.15. The van der Waals surface area contributed by atoms with E-state index in [0.717, 1.165) is 77.8 Å². The summed E-state index contributed by atoms with van der Waals surface area (Å²) in [4.78, 5) is 16.1. The maximum atomic E-state index is 13.6. The summed E-state index contributed by atoms with van der Waals surface area (Å²) in [5.74, 6) is 1.06. The molecule has 1 aromatic carbocycles. The van der Waals surface area contributed by atoms with Crippen LogP contribution in [0.15, 0.2) is 29.8 Å². The first-order chi connectivity index (χ1) is 23.1. The van der Waals surface area contributed by atoms with E-state index in [4.69, 9.17) is 10.5 Å². The second-order valence-corrected chi connectivity index (χ2v) is 19.3. The topological polar surface area (TPSA) is 104 Å². The van der Waals surface area contributed by atoms with E-state index in [-0.39, 0.29) is 33.0 Å². The lowest BCUT2D eigenvalue weighted by Gasteiger charge is -2.71. The molecule has 49 heavy (non-hydrogen) atoms. The number of hydrogen-bond acceptors (Lipinski definition) is 5. The standard InChI is InChI=1S/C42H60N4O3/c1-37(2)14-16-42(36(47)48)17-15-41(7)33(30(42)24-37)28(27-11-9-8-10-26(27)25-46-18-20-49-21-19-46)22-32-39(5)23-29-34(44-45-35(29)43)38(3,4)31(39)12-13-40(32,41)6/h8-11,30-32H,12-25H2,1-7H3,(H,47,48)(H3,43,44,45)/t30-,31-,32?,39-,40+,41+,42-/m0/s1. The van der Waals surface area contributed by atoms with Crippen LogP contribution in [0.4, 0.5) is 5.82 Å². The molecule has 1 aromatic heterocycles. The Morgan fingerprint density at radius 3 is 2.45 bits per heavy atom. The molecule has 1 saturated heterocycles. The van der Waals surface area contributed by atoms with Crippen molar-refractivity contribution in [1.82, 2.24) is 15.1 Å². The van der Waals surface area contributed by atoms with Crippen molar-refractivity contribution in [2.75, 3.05) is 32.0 Å². The Morgan fingerprint density at radius 2 is 1.71 bits per heavy atom. The van der Waals surface area contributed by atoms with Gasteiger partial charge in [0.1, 0.15) is 5.82 Å². The van der Waals surface area contributed by atoms with Crippen LogP contribution in [0.3, 0.4) is 0 Å². The Morgan fingerprint density at radius 1 is 1.00 bits per heavy atom. The zero-order chi connectivity index (χ0) is 34.8. The number of aromatic nitrogens is 2. The molecule has 4 fully saturated rings. The lowest BCUT2D eigenvalue weighted by molar-refractivity contribution is -0.175. The Hall–Kier alpha value is -2.64. The van der Waals surface area contributed by atoms with E-state index in [0.29, 0.717) is 17.7 Å². The number of nitrogen functional groups attached to an aromatic ring is 1. The molecule has 2 heterocycles. The summed E-state index contributed by atoms with van der Waals surface area (Å²) in [5, 5.41) is 19.1. The van der Waals surface area contributed by atoms with Crippen LogP contribution in [-0.4, -0.2) is 52.5 Å². The number of nitrogens with two attached hydrogens (primary N) is 1. The van der Waals surface area contributed by atoms with Crippen LogP contribution < -0.4 is 5.73 Å². The van der Waals surface area contributed by atoms with E-state index < -0.39 is 11.4 Å². The van der Waals surface area contributed by atoms with Crippen LogP contribution in [0.1, 0.15) is 122 Å². The third-order valence-electron chi connectivity index (χ3n) is 16.2. The molecule has 8 rings (SSSR count). The van der Waals surface area contributed by atoms with E-state index in [9.17, 15) is 9.90 Å². The predicted octanol–water partition coefficient (Wildman–Crippen LogP) is 8.25. The van der Waals surface area contributed by atoms with Gasteiger partial charge >= 0.3 is 5.97 Å². The number of carbonyl (C=O) groups is 1. The number of benzene rings is 1. The fraction of sp³-hybridized carbons (Fsp3) is 0.714. The van der Waals surface area contributed by atoms with Gasteiger partial charge in [-0.15, -0.1) is 0 Å². The molecule has 6 aliphatic rings. The Kier molecular flexibility index (Phi) is 7.47. The highest BCUT2D eigenvalue weighted by molar-refractivity contribution is 5.81. The average Bonchev–Trinajstić information content (AvgIpc) is 3.42. The number of nitrogens with zero attached hydrogens (tertiary/aromatic N) is 2. The molecule has 3 saturated carbocycles. The molecule has 7 atom stereocenters. The average molecular weight is 669 g/mol. The third kappa shape index (κ3) is 4.59. The summed E-state index contributed by atoms with van der Waals surface area (Å²) in [7, 11) is 0. The number of allylic oxidation sites excluding steroid dienone is 2. The molecule has 2 aromatic rings. The molecule has 266 valence electrons. The van der Waals surface area contributed by atoms with Crippen molar-refractivity contribution in [3.8, 4) is 0 Å². The normalized spacial score (nSPS) is 39.6. The second kappa shape index (κ2) is 10.9. The van der Waals surface area contributed by atoms with Crippen molar-refractivity contribution in [2.45, 2.75) is 118 Å². The van der Waals surface area contributed by atoms with Gasteiger partial charge in [-0.1, -0.05) is 78.3 Å². The number of carboxylic acid groups (broad SMARTS) is 1. The van der Waals surface area contributed by atoms with Gasteiger partial charge in [-0.3, -0.25) is 14.8 Å². The van der Waals surface area contributed by atoms with E-state index >= 15 is 0 Å². The summed E-state index contributed by atoms with van der Waals surface area (Å²) >= 11 is 0. The van der Waals surface area contributed by atoms with Gasteiger partial charge < -0.3 is 15.6 Å². The van der Waals surface area contributed by atoms with Crippen LogP contribution in [0.25, 0.3) is 5.57 Å². The minimum absolute atomic E-state index is 0.0214. The molecule has 7 heteroatoms. The number of anilines is 1. The van der Waals surface area contributed by atoms with Gasteiger partial charge in [0.2, 0.25) is 0 Å². The number of aliphatic carboxylic acids is 1. The van der Waals surface area contributed by atoms with Gasteiger partial charge in [-0.05, 0) is 114 Å². The molecule has 0 spiro atoms. The van der Waals surface area contributed by atoms with E-state index in [1.165, 1.54) is 46.4 Å². The fourth-order valence-electron chi connectivity index (χ4n) is 13.4. The van der Waals surface area contributed by atoms with E-state index in [1.54, 1.807) is 0 Å². The van der Waals surface area contributed by atoms with E-state index in [2.05, 4.69) is 87.8 Å². The van der Waals surface area contributed by atoms with E-state index in [1.807, 2.05) is 0 Å². The maximum absolute atomic E-state index is 13.6. The summed E-state index contributed by atoms with van der Waals surface area (Å²) in [5.41, 5.74) is 14.2. The maximum Gasteiger partial charge on any atom is 0.310 e. The number of H-pyrrole nitrogens is 1. The smallest absolute Gasteiger partial charge is 0.310 e. The van der Waals surface area contributed by atoms with Crippen molar-refractivity contribution >= 4 is 17.4 Å². The zero-order valence-corrected chi connectivity index (χ0v) is 31.2. The van der Waals surface area contributed by atoms with Crippen LogP contribution in [0.5, 0.6) is 0 Å². The van der Waals surface area contributed by atoms with Gasteiger partial charge in [-0.25, -0.2) is 0 Å². The second-order valence-electron chi connectivity index (χ2n) is 19.3. The van der Waals surface area contributed by atoms with Crippen molar-refractivity contribution in [3.63, 3.8) is 0 Å². The quantitative estimate of drug-likeness (QED) is 0.303. The van der Waals surface area contributed by atoms with Crippen molar-refractivity contribution in [1.29, 1.82) is 0 Å². The van der Waals surface area contributed by atoms with Crippen molar-refractivity contribution in [3.05, 3.63) is 52.2 Å². The number of morpholine rings is 1. The number of rotatable bonds is 4. The number of aromatic amines is 1. The molecule has 1 aliphatic heterocycles. The molecular weight excluding hydrogens is 608 g/mol. The Labute approximate surface area is 293 Å². The van der Waals surface area contributed by atoms with Crippen LogP contribution in [-0.2, 0) is 27.9 Å². The summed E-state index contributed by atoms with van der Waals surface area (Å²) in [6.45, 7) is 21.8. The van der Waals surface area contributed by atoms with Crippen LogP contribution in [0.2, 0.25) is 0 Å². The van der Waals surface area contributed by atoms with Crippen LogP contribution >= 0.6 is 0 Å². The molecule has 7 nitrogen and oxygen atoms in total. The van der Waals surface area contributed by atoms with Crippen LogP contribution in [0, 0.1) is 44.8 Å². The lowest BCUT2D eigenvalue weighted by Crippen LogP contribution is -2.65. The van der Waals surface area contributed by atoms with Gasteiger partial charge in [0.15, 0.2) is 0 Å². The molecule has 4 N–H and O–H groups in total. The number of fused-ring (bicyclic) bond motifs is 8. The van der Waals surface area contributed by atoms with Gasteiger partial charge in [0.05, 0.1) is 18.6 Å². The molecule has 5 aliphatic carbocycles. The van der Waals surface area contributed by atoms with Crippen molar-refractivity contribution < 1.29 is 14.6 Å². The molecule has 0 bridgehead atoms. The zero-order valence-electron chi connectivity index (χ0n) is 31.2. The number of carboxylic acids is 1. The SMILES string of the molecule is CC1(C)CC[C@]2(C(=O)O)CC[C@]3(C)C(=C(c4ccccc4CN4CCOCC4)CC4[C@@]5(C)Cc6c(N)n[nH]c6C(C)(C)[C@@H]5CC[C@]43C)[C@@H]2C1. The molecule has 1 unspecified atom stereocenters. The Balaban J connectivity index is 1.36. The largest absolute Gasteiger partial charge is 0.481 e. The number of hydrogen-bond donors (Lipinski definition) is 3. The Bertz CT molecular complexity index is 1700. The summed E-state index contributed by atoms with van der Waals surface area (Å²) < 4.78 is 5.73. The predicted molar refractivity (Wildman–Crippen MR) is 195 cm³/mol. The monoisotopic (exact) mass is 668 g/mol. The highest BCUT2D eigenvalue weighted by Gasteiger charge is 2.70. The first-order valence-corrected chi connectivity index (χ1v) is 19.3. The number of nitrogens with one attached hydrogen (secondary N) is 1. The van der Waals surface area contributed by atoms with Crippen molar-refractivity contribution in [2.24, 2.45) is 44.8 Å². The lowest BCUT2D eigenvalue weighted by atomic mass is 9.32. The number of ether oxygens (including phenoxy) is 1. The fourth-order valence-corrected chi connectivity index (χ4v) is 13.4. The van der Waals surface area contributed by atoms with Gasteiger partial charge in [0.25, 0.3) is 0 Å². The molecule has 0 amide bonds. The van der Waals surface area contributed by atoms with Gasteiger partial charge in [0, 0.05) is 36.3 Å². The molecule has 0 radical (unpaired) electrons. The first kappa shape index (κ1) is 33.5. The van der Waals surface area contributed by atoms with Gasteiger partial charge in [-0.2, -0.15) is 5.10 Å². The first-order valence-electron chi connectivity index (χ1n) is 19.3. The minimum atomic E-state index is -0.688. The minimum Gasteiger partial charge on any atom is -0.481 e. The highest BCUT2D eigenvalue weighted by Crippen LogP contribution is 2.77. The molecular formula is C42H60N4O3. The summed E-state index contributed by atoms with van der Waals surface area (Å²) in [6.07, 6.45) is 8.69.